The van der Waals surface area contributed by atoms with Crippen LogP contribution < -0.4 is 10.1 Å². The quantitative estimate of drug-likeness (QED) is 0.232. The van der Waals surface area contributed by atoms with Gasteiger partial charge in [0.25, 0.3) is 5.69 Å². The largest absolute Gasteiger partial charge is 0.457 e. The first-order chi connectivity index (χ1) is 18.6. The Morgan fingerprint density at radius 1 is 1.05 bits per heavy atom. The van der Waals surface area contributed by atoms with Crippen LogP contribution in [0.4, 0.5) is 5.69 Å². The first kappa shape index (κ1) is 25.4. The average molecular weight is 515 g/mol. The summed E-state index contributed by atoms with van der Waals surface area (Å²) in [5.74, 6) is 0.938. The Labute approximate surface area is 220 Å². The molecule has 9 nitrogen and oxygen atoms in total. The standard InChI is InChI=1S/C29H30N4O5/c34-29(30-11-12-32-13-15-37-16-14-32)19-25(27-20-31-28-10-9-22(33(35)36)18-26(27)28)21-5-4-8-24(17-21)38-23-6-2-1-3-7-23/h1-10,17-18,20,25,31H,11-16,19H2,(H,30,34)/t25-/m0/s1. The summed E-state index contributed by atoms with van der Waals surface area (Å²) in [6, 6.07) is 21.9. The fourth-order valence-corrected chi connectivity index (χ4v) is 4.79. The maximum Gasteiger partial charge on any atom is 0.270 e. The molecule has 1 atom stereocenters. The van der Waals surface area contributed by atoms with Gasteiger partial charge in [-0.15, -0.1) is 0 Å². The van der Waals surface area contributed by atoms with E-state index in [1.54, 1.807) is 12.1 Å². The lowest BCUT2D eigenvalue weighted by atomic mass is 9.87. The van der Waals surface area contributed by atoms with E-state index in [0.29, 0.717) is 31.3 Å². The molecule has 4 aromatic rings. The Balaban J connectivity index is 1.41. The van der Waals surface area contributed by atoms with Crippen molar-refractivity contribution in [2.24, 2.45) is 0 Å². The predicted molar refractivity (Wildman–Crippen MR) is 145 cm³/mol. The van der Waals surface area contributed by atoms with Gasteiger partial charge >= 0.3 is 0 Å². The van der Waals surface area contributed by atoms with E-state index in [4.69, 9.17) is 9.47 Å². The fourth-order valence-electron chi connectivity index (χ4n) is 4.79. The Kier molecular flexibility index (Phi) is 7.96. The summed E-state index contributed by atoms with van der Waals surface area (Å²) in [4.78, 5) is 29.7. The minimum absolute atomic E-state index is 0.00762. The second-order valence-corrected chi connectivity index (χ2v) is 9.28. The van der Waals surface area contributed by atoms with Crippen molar-refractivity contribution in [1.82, 2.24) is 15.2 Å². The van der Waals surface area contributed by atoms with Crippen LogP contribution in [0, 0.1) is 10.1 Å². The molecule has 0 spiro atoms. The highest BCUT2D eigenvalue weighted by Gasteiger charge is 2.23. The third-order valence-electron chi connectivity index (χ3n) is 6.77. The van der Waals surface area contributed by atoms with Gasteiger partial charge in [-0.25, -0.2) is 0 Å². The van der Waals surface area contributed by atoms with Crippen molar-refractivity contribution >= 4 is 22.5 Å². The third-order valence-corrected chi connectivity index (χ3v) is 6.77. The molecule has 1 amide bonds. The molecule has 0 unspecified atom stereocenters. The van der Waals surface area contributed by atoms with E-state index < -0.39 is 4.92 Å². The lowest BCUT2D eigenvalue weighted by molar-refractivity contribution is -0.384. The van der Waals surface area contributed by atoms with Gasteiger partial charge in [0.15, 0.2) is 0 Å². The summed E-state index contributed by atoms with van der Waals surface area (Å²) >= 11 is 0. The van der Waals surface area contributed by atoms with Gasteiger partial charge in [-0.05, 0) is 41.5 Å². The zero-order valence-electron chi connectivity index (χ0n) is 21.0. The molecule has 1 aliphatic rings. The van der Waals surface area contributed by atoms with Crippen molar-refractivity contribution in [1.29, 1.82) is 0 Å². The first-order valence-electron chi connectivity index (χ1n) is 12.7. The van der Waals surface area contributed by atoms with Gasteiger partial charge < -0.3 is 19.8 Å². The number of aromatic nitrogens is 1. The van der Waals surface area contributed by atoms with E-state index in [1.807, 2.05) is 60.8 Å². The number of para-hydroxylation sites is 1. The molecule has 5 rings (SSSR count). The number of rotatable bonds is 10. The molecule has 196 valence electrons. The minimum atomic E-state index is -0.405. The number of nitrogens with zero attached hydrogens (tertiary/aromatic N) is 2. The van der Waals surface area contributed by atoms with Crippen LogP contribution in [0.25, 0.3) is 10.9 Å². The maximum absolute atomic E-state index is 13.1. The molecule has 9 heteroatoms. The summed E-state index contributed by atoms with van der Waals surface area (Å²) in [5.41, 5.74) is 2.49. The van der Waals surface area contributed by atoms with E-state index in [1.165, 1.54) is 6.07 Å². The van der Waals surface area contributed by atoms with E-state index in [-0.39, 0.29) is 23.9 Å². The molecule has 3 aromatic carbocycles. The van der Waals surface area contributed by atoms with E-state index in [9.17, 15) is 14.9 Å². The van der Waals surface area contributed by atoms with E-state index in [0.717, 1.165) is 41.7 Å². The number of amides is 1. The molecule has 2 heterocycles. The molecular weight excluding hydrogens is 484 g/mol. The maximum atomic E-state index is 13.1. The second-order valence-electron chi connectivity index (χ2n) is 9.28. The predicted octanol–water partition coefficient (Wildman–Crippen LogP) is 4.84. The van der Waals surface area contributed by atoms with Gasteiger partial charge in [-0.2, -0.15) is 0 Å². The van der Waals surface area contributed by atoms with E-state index >= 15 is 0 Å². The molecule has 1 aliphatic heterocycles. The van der Waals surface area contributed by atoms with Gasteiger partial charge in [-0.1, -0.05) is 30.3 Å². The zero-order chi connectivity index (χ0) is 26.3. The smallest absolute Gasteiger partial charge is 0.270 e. The highest BCUT2D eigenvalue weighted by atomic mass is 16.6. The van der Waals surface area contributed by atoms with Crippen LogP contribution in [0.2, 0.25) is 0 Å². The average Bonchev–Trinajstić information content (AvgIpc) is 3.36. The number of carbonyl (C=O) groups is 1. The van der Waals surface area contributed by atoms with Crippen molar-refractivity contribution in [2.75, 3.05) is 39.4 Å². The molecule has 0 aliphatic carbocycles. The molecule has 1 saturated heterocycles. The normalized spacial score (nSPS) is 14.7. The molecule has 0 radical (unpaired) electrons. The lowest BCUT2D eigenvalue weighted by Gasteiger charge is -2.26. The molecule has 1 fully saturated rings. The van der Waals surface area contributed by atoms with Gasteiger partial charge in [0.1, 0.15) is 11.5 Å². The lowest BCUT2D eigenvalue weighted by Crippen LogP contribution is -2.41. The van der Waals surface area contributed by atoms with Crippen LogP contribution in [-0.4, -0.2) is 60.1 Å². The third kappa shape index (κ3) is 6.19. The van der Waals surface area contributed by atoms with Gasteiger partial charge in [-0.3, -0.25) is 19.8 Å². The number of nitro groups is 1. The van der Waals surface area contributed by atoms with Crippen LogP contribution in [0.3, 0.4) is 0 Å². The van der Waals surface area contributed by atoms with Crippen LogP contribution in [0.1, 0.15) is 23.5 Å². The number of morpholine rings is 1. The number of non-ortho nitro benzene ring substituents is 1. The summed E-state index contributed by atoms with van der Waals surface area (Å²) in [6.07, 6.45) is 2.03. The summed E-state index contributed by atoms with van der Waals surface area (Å²) in [6.45, 7) is 4.46. The van der Waals surface area contributed by atoms with Gasteiger partial charge in [0.05, 0.1) is 18.1 Å². The first-order valence-corrected chi connectivity index (χ1v) is 12.7. The van der Waals surface area contributed by atoms with Crippen molar-refractivity contribution < 1.29 is 19.2 Å². The van der Waals surface area contributed by atoms with Crippen molar-refractivity contribution in [2.45, 2.75) is 12.3 Å². The highest BCUT2D eigenvalue weighted by molar-refractivity contribution is 5.87. The monoisotopic (exact) mass is 514 g/mol. The Morgan fingerprint density at radius 3 is 2.63 bits per heavy atom. The van der Waals surface area contributed by atoms with Crippen LogP contribution in [-0.2, 0) is 9.53 Å². The van der Waals surface area contributed by atoms with Crippen molar-refractivity contribution in [3.63, 3.8) is 0 Å². The molecular formula is C29H30N4O5. The Bertz CT molecular complexity index is 1400. The summed E-state index contributed by atoms with van der Waals surface area (Å²) in [5, 5.41) is 15.2. The Morgan fingerprint density at radius 2 is 1.84 bits per heavy atom. The molecule has 0 saturated carbocycles. The van der Waals surface area contributed by atoms with Crippen LogP contribution in [0.15, 0.2) is 79.0 Å². The van der Waals surface area contributed by atoms with Crippen molar-refractivity contribution in [3.8, 4) is 11.5 Å². The number of fused-ring (bicyclic) bond motifs is 1. The minimum Gasteiger partial charge on any atom is -0.457 e. The SMILES string of the molecule is O=C(C[C@@H](c1cccc(Oc2ccccc2)c1)c1c[nH]c2ccc([N+](=O)[O-])cc12)NCCN1CCOCC1. The fraction of sp³-hybridized carbons (Fsp3) is 0.276. The summed E-state index contributed by atoms with van der Waals surface area (Å²) in [7, 11) is 0. The molecule has 0 bridgehead atoms. The number of nitro benzene ring substituents is 1. The summed E-state index contributed by atoms with van der Waals surface area (Å²) < 4.78 is 11.4. The molecule has 2 N–H and O–H groups in total. The topological polar surface area (TPSA) is 110 Å². The van der Waals surface area contributed by atoms with Crippen LogP contribution in [0.5, 0.6) is 11.5 Å². The number of hydrogen-bond donors (Lipinski definition) is 2. The Hall–Kier alpha value is -4.21. The second kappa shape index (κ2) is 11.9. The number of aromatic amines is 1. The van der Waals surface area contributed by atoms with Crippen LogP contribution >= 0.6 is 0 Å². The number of H-pyrrole nitrogens is 1. The highest BCUT2D eigenvalue weighted by Crippen LogP contribution is 2.36. The number of nitrogens with one attached hydrogen (secondary N) is 2. The number of benzene rings is 3. The number of carbonyl (C=O) groups excluding carboxylic acids is 1. The molecule has 38 heavy (non-hydrogen) atoms. The zero-order valence-corrected chi connectivity index (χ0v) is 21.0. The number of ether oxygens (including phenoxy) is 2. The number of hydrogen-bond acceptors (Lipinski definition) is 6. The van der Waals surface area contributed by atoms with Gasteiger partial charge in [0, 0.05) is 67.8 Å². The van der Waals surface area contributed by atoms with E-state index in [2.05, 4.69) is 15.2 Å². The van der Waals surface area contributed by atoms with Crippen molar-refractivity contribution in [3.05, 3.63) is 100 Å². The molecule has 1 aromatic heterocycles. The van der Waals surface area contributed by atoms with Gasteiger partial charge in [0.2, 0.25) is 5.91 Å².